The number of nitrogens with one attached hydrogen (secondary N) is 2. The first-order valence-electron chi connectivity index (χ1n) is 8.49. The highest BCUT2D eigenvalue weighted by Crippen LogP contribution is 2.24. The molecule has 0 aromatic rings. The fraction of sp³-hybridized carbons (Fsp3) is 0.938. The van der Waals surface area contributed by atoms with Gasteiger partial charge in [-0.15, -0.1) is 0 Å². The first-order chi connectivity index (χ1) is 10.3. The molecule has 2 fully saturated rings. The molecule has 0 bridgehead atoms. The topological polar surface area (TPSA) is 59.6 Å². The Balaban J connectivity index is 1.55. The highest BCUT2D eigenvalue weighted by molar-refractivity contribution is 5.86. The van der Waals surface area contributed by atoms with Crippen molar-refractivity contribution in [1.29, 1.82) is 0 Å². The molecule has 2 saturated heterocycles. The summed E-state index contributed by atoms with van der Waals surface area (Å²) >= 11 is 0. The van der Waals surface area contributed by atoms with E-state index in [4.69, 9.17) is 9.47 Å². The van der Waals surface area contributed by atoms with Crippen LogP contribution >= 0.6 is 0 Å². The lowest BCUT2D eigenvalue weighted by atomic mass is 9.91. The van der Waals surface area contributed by atoms with E-state index in [-0.39, 0.29) is 17.6 Å². The third kappa shape index (κ3) is 4.94. The first-order valence-corrected chi connectivity index (χ1v) is 8.49. The van der Waals surface area contributed by atoms with Crippen molar-refractivity contribution in [3.63, 3.8) is 0 Å². The van der Waals surface area contributed by atoms with Crippen LogP contribution in [0.25, 0.3) is 0 Å². The van der Waals surface area contributed by atoms with Gasteiger partial charge < -0.3 is 20.1 Å². The molecule has 122 valence electrons. The predicted octanol–water partition coefficient (Wildman–Crippen LogP) is 1.61. The number of carbonyl (C=O) groups excluding carboxylic acids is 1. The van der Waals surface area contributed by atoms with Crippen LogP contribution in [0.4, 0.5) is 0 Å². The standard InChI is InChI=1S/C16H30N2O3/c1-2-7-16(8-4-10-18-16)15(19)17-9-5-11-20-13-14-6-3-12-21-14/h14,18H,2-13H2,1H3,(H,17,19). The van der Waals surface area contributed by atoms with Crippen LogP contribution in [0.1, 0.15) is 51.9 Å². The molecular weight excluding hydrogens is 268 g/mol. The van der Waals surface area contributed by atoms with E-state index < -0.39 is 0 Å². The zero-order valence-corrected chi connectivity index (χ0v) is 13.3. The van der Waals surface area contributed by atoms with Gasteiger partial charge in [-0.05, 0) is 45.1 Å². The average molecular weight is 298 g/mol. The minimum absolute atomic E-state index is 0.168. The molecule has 0 aliphatic carbocycles. The molecule has 2 rings (SSSR count). The van der Waals surface area contributed by atoms with Crippen LogP contribution in [0.5, 0.6) is 0 Å². The lowest BCUT2D eigenvalue weighted by Crippen LogP contribution is -2.53. The van der Waals surface area contributed by atoms with E-state index in [0.717, 1.165) is 58.1 Å². The van der Waals surface area contributed by atoms with Crippen molar-refractivity contribution in [1.82, 2.24) is 10.6 Å². The second kappa shape index (κ2) is 8.71. The highest BCUT2D eigenvalue weighted by Gasteiger charge is 2.39. The monoisotopic (exact) mass is 298 g/mol. The van der Waals surface area contributed by atoms with Crippen molar-refractivity contribution < 1.29 is 14.3 Å². The SMILES string of the molecule is CCCC1(C(=O)NCCCOCC2CCCO2)CCCN1. The molecule has 2 aliphatic heterocycles. The van der Waals surface area contributed by atoms with Gasteiger partial charge in [-0.3, -0.25) is 4.79 Å². The van der Waals surface area contributed by atoms with Gasteiger partial charge >= 0.3 is 0 Å². The molecule has 0 spiro atoms. The lowest BCUT2D eigenvalue weighted by Gasteiger charge is -2.27. The van der Waals surface area contributed by atoms with Crippen molar-refractivity contribution >= 4 is 5.91 Å². The summed E-state index contributed by atoms with van der Waals surface area (Å²) in [6.45, 7) is 6.03. The Labute approximate surface area is 128 Å². The Morgan fingerprint density at radius 1 is 1.48 bits per heavy atom. The van der Waals surface area contributed by atoms with Crippen LogP contribution < -0.4 is 10.6 Å². The minimum Gasteiger partial charge on any atom is -0.379 e. The van der Waals surface area contributed by atoms with Crippen LogP contribution in [-0.2, 0) is 14.3 Å². The number of carbonyl (C=O) groups is 1. The molecule has 2 N–H and O–H groups in total. The van der Waals surface area contributed by atoms with Gasteiger partial charge in [-0.1, -0.05) is 13.3 Å². The summed E-state index contributed by atoms with van der Waals surface area (Å²) < 4.78 is 11.1. The first kappa shape index (κ1) is 16.7. The second-order valence-electron chi connectivity index (χ2n) is 6.18. The molecule has 1 amide bonds. The minimum atomic E-state index is -0.312. The highest BCUT2D eigenvalue weighted by atomic mass is 16.5. The molecule has 2 unspecified atom stereocenters. The van der Waals surface area contributed by atoms with Crippen LogP contribution in [0.3, 0.4) is 0 Å². The quantitative estimate of drug-likeness (QED) is 0.635. The zero-order valence-electron chi connectivity index (χ0n) is 13.3. The molecule has 5 heteroatoms. The van der Waals surface area contributed by atoms with Gasteiger partial charge in [0, 0.05) is 19.8 Å². The van der Waals surface area contributed by atoms with Crippen molar-refractivity contribution in [2.75, 3.05) is 32.9 Å². The van der Waals surface area contributed by atoms with Crippen molar-refractivity contribution in [2.24, 2.45) is 0 Å². The number of amides is 1. The summed E-state index contributed by atoms with van der Waals surface area (Å²) in [4.78, 5) is 12.4. The van der Waals surface area contributed by atoms with Gasteiger partial charge in [-0.25, -0.2) is 0 Å². The Hall–Kier alpha value is -0.650. The Kier molecular flexibility index (Phi) is 6.93. The van der Waals surface area contributed by atoms with Crippen molar-refractivity contribution in [2.45, 2.75) is 63.5 Å². The molecular formula is C16H30N2O3. The summed E-state index contributed by atoms with van der Waals surface area (Å²) in [6, 6.07) is 0. The molecule has 0 aromatic heterocycles. The fourth-order valence-electron chi connectivity index (χ4n) is 3.29. The van der Waals surface area contributed by atoms with Crippen LogP contribution in [0.2, 0.25) is 0 Å². The summed E-state index contributed by atoms with van der Waals surface area (Å²) in [5.74, 6) is 0.168. The number of rotatable bonds is 9. The van der Waals surface area contributed by atoms with Gasteiger partial charge in [0.1, 0.15) is 0 Å². The molecule has 2 atom stereocenters. The molecule has 0 radical (unpaired) electrons. The van der Waals surface area contributed by atoms with E-state index in [1.54, 1.807) is 0 Å². The van der Waals surface area contributed by atoms with Gasteiger partial charge in [0.05, 0.1) is 18.2 Å². The smallest absolute Gasteiger partial charge is 0.240 e. The van der Waals surface area contributed by atoms with Crippen LogP contribution in [0.15, 0.2) is 0 Å². The number of ether oxygens (including phenoxy) is 2. The molecule has 2 heterocycles. The third-order valence-electron chi connectivity index (χ3n) is 4.43. The summed E-state index contributed by atoms with van der Waals surface area (Å²) in [5, 5.41) is 6.47. The number of hydrogen-bond donors (Lipinski definition) is 2. The van der Waals surface area contributed by atoms with E-state index >= 15 is 0 Å². The lowest BCUT2D eigenvalue weighted by molar-refractivity contribution is -0.127. The van der Waals surface area contributed by atoms with Gasteiger partial charge in [0.25, 0.3) is 0 Å². The maximum Gasteiger partial charge on any atom is 0.240 e. The van der Waals surface area contributed by atoms with Crippen LogP contribution in [-0.4, -0.2) is 50.5 Å². The third-order valence-corrected chi connectivity index (χ3v) is 4.43. The van der Waals surface area contributed by atoms with E-state index in [1.165, 1.54) is 0 Å². The molecule has 2 aliphatic rings. The van der Waals surface area contributed by atoms with Gasteiger partial charge in [-0.2, -0.15) is 0 Å². The number of hydrogen-bond acceptors (Lipinski definition) is 4. The maximum atomic E-state index is 12.4. The maximum absolute atomic E-state index is 12.4. The summed E-state index contributed by atoms with van der Waals surface area (Å²) in [7, 11) is 0. The van der Waals surface area contributed by atoms with Crippen LogP contribution in [0, 0.1) is 0 Å². The van der Waals surface area contributed by atoms with Gasteiger partial charge in [0.15, 0.2) is 0 Å². The Bertz CT molecular complexity index is 311. The fourth-order valence-corrected chi connectivity index (χ4v) is 3.29. The summed E-state index contributed by atoms with van der Waals surface area (Å²) in [5.41, 5.74) is -0.312. The molecule has 5 nitrogen and oxygen atoms in total. The van der Waals surface area contributed by atoms with Crippen molar-refractivity contribution in [3.8, 4) is 0 Å². The zero-order chi connectivity index (χ0) is 15.0. The Morgan fingerprint density at radius 3 is 3.05 bits per heavy atom. The van der Waals surface area contributed by atoms with E-state index in [0.29, 0.717) is 19.8 Å². The average Bonchev–Trinajstić information content (AvgIpc) is 3.15. The normalized spacial score (nSPS) is 28.9. The molecule has 21 heavy (non-hydrogen) atoms. The van der Waals surface area contributed by atoms with E-state index in [2.05, 4.69) is 17.6 Å². The van der Waals surface area contributed by atoms with E-state index in [9.17, 15) is 4.79 Å². The van der Waals surface area contributed by atoms with E-state index in [1.807, 2.05) is 0 Å². The summed E-state index contributed by atoms with van der Waals surface area (Å²) in [6.07, 6.45) is 7.42. The van der Waals surface area contributed by atoms with Crippen molar-refractivity contribution in [3.05, 3.63) is 0 Å². The molecule has 0 saturated carbocycles. The van der Waals surface area contributed by atoms with Gasteiger partial charge in [0.2, 0.25) is 5.91 Å². The largest absolute Gasteiger partial charge is 0.379 e. The Morgan fingerprint density at radius 2 is 2.38 bits per heavy atom. The molecule has 0 aromatic carbocycles. The predicted molar refractivity (Wildman–Crippen MR) is 82.3 cm³/mol. The second-order valence-corrected chi connectivity index (χ2v) is 6.18.